The molecule has 0 atom stereocenters. The molecule has 6 nitrogen and oxygen atoms in total. The van der Waals surface area contributed by atoms with Crippen molar-refractivity contribution in [2.45, 2.75) is 19.8 Å². The average molecular weight is 354 g/mol. The van der Waals surface area contributed by atoms with Crippen LogP contribution in [0, 0.1) is 0 Å². The molecule has 0 unspecified atom stereocenters. The lowest BCUT2D eigenvalue weighted by atomic mass is 10.1. The summed E-state index contributed by atoms with van der Waals surface area (Å²) in [7, 11) is 3.14. The number of ether oxygens (including phenoxy) is 2. The van der Waals surface area contributed by atoms with Crippen molar-refractivity contribution in [1.82, 2.24) is 0 Å². The Labute approximate surface area is 152 Å². The molecule has 2 amide bonds. The summed E-state index contributed by atoms with van der Waals surface area (Å²) in [6.07, 6.45) is 1.03. The normalized spacial score (nSPS) is 12.5. The Balaban J connectivity index is 1.68. The van der Waals surface area contributed by atoms with Gasteiger partial charge >= 0.3 is 0 Å². The molecule has 2 aromatic carbocycles. The molecule has 1 N–H and O–H groups in total. The van der Waals surface area contributed by atoms with Crippen molar-refractivity contribution in [2.24, 2.45) is 0 Å². The third-order valence-electron chi connectivity index (χ3n) is 4.45. The van der Waals surface area contributed by atoms with Crippen LogP contribution in [0.1, 0.15) is 18.1 Å². The van der Waals surface area contributed by atoms with Crippen LogP contribution in [0.4, 0.5) is 11.4 Å². The highest BCUT2D eigenvalue weighted by Gasteiger charge is 2.22. The van der Waals surface area contributed by atoms with Crippen LogP contribution in [-0.4, -0.2) is 32.6 Å². The van der Waals surface area contributed by atoms with Gasteiger partial charge in [-0.25, -0.2) is 0 Å². The second-order valence-electron chi connectivity index (χ2n) is 6.18. The van der Waals surface area contributed by atoms with Crippen molar-refractivity contribution < 1.29 is 19.1 Å². The number of carbonyl (C=O) groups excluding carboxylic acids is 2. The van der Waals surface area contributed by atoms with Crippen LogP contribution < -0.4 is 19.7 Å². The number of nitrogens with zero attached hydrogens (tertiary/aromatic N) is 1. The zero-order valence-electron chi connectivity index (χ0n) is 15.2. The number of methoxy groups -OCH3 is 2. The van der Waals surface area contributed by atoms with Gasteiger partial charge in [0.2, 0.25) is 11.8 Å². The van der Waals surface area contributed by atoms with Crippen LogP contribution in [-0.2, 0) is 22.4 Å². The summed E-state index contributed by atoms with van der Waals surface area (Å²) < 4.78 is 10.5. The lowest BCUT2D eigenvalue weighted by Gasteiger charge is -2.15. The van der Waals surface area contributed by atoms with E-state index in [0.717, 1.165) is 28.9 Å². The number of rotatable bonds is 5. The van der Waals surface area contributed by atoms with E-state index in [1.54, 1.807) is 38.2 Å². The Morgan fingerprint density at radius 3 is 2.54 bits per heavy atom. The maximum absolute atomic E-state index is 12.4. The molecule has 0 radical (unpaired) electrons. The minimum Gasteiger partial charge on any atom is -0.493 e. The minimum absolute atomic E-state index is 0.0361. The molecule has 0 saturated heterocycles. The lowest BCUT2D eigenvalue weighted by Crippen LogP contribution is -2.25. The number of benzene rings is 2. The van der Waals surface area contributed by atoms with Crippen LogP contribution in [0.2, 0.25) is 0 Å². The Morgan fingerprint density at radius 2 is 1.85 bits per heavy atom. The van der Waals surface area contributed by atoms with E-state index in [0.29, 0.717) is 18.0 Å². The van der Waals surface area contributed by atoms with E-state index in [2.05, 4.69) is 5.32 Å². The SMILES string of the molecule is COc1ccc(CC(=O)Nc2ccc3c(c2)CCN3C(C)=O)cc1OC. The Kier molecular flexibility index (Phi) is 5.11. The number of amides is 2. The molecular formula is C20H22N2O4. The Hall–Kier alpha value is -3.02. The summed E-state index contributed by atoms with van der Waals surface area (Å²) in [5.41, 5.74) is 3.57. The van der Waals surface area contributed by atoms with E-state index in [4.69, 9.17) is 9.47 Å². The summed E-state index contributed by atoms with van der Waals surface area (Å²) >= 11 is 0. The zero-order chi connectivity index (χ0) is 18.7. The van der Waals surface area contributed by atoms with Crippen LogP contribution in [0.5, 0.6) is 11.5 Å². The van der Waals surface area contributed by atoms with Crippen molar-refractivity contribution in [1.29, 1.82) is 0 Å². The summed E-state index contributed by atoms with van der Waals surface area (Å²) in [6, 6.07) is 11.1. The molecule has 0 fully saturated rings. The molecule has 1 aliphatic heterocycles. The van der Waals surface area contributed by atoms with Crippen molar-refractivity contribution in [2.75, 3.05) is 31.0 Å². The van der Waals surface area contributed by atoms with E-state index in [9.17, 15) is 9.59 Å². The molecule has 3 rings (SSSR count). The van der Waals surface area contributed by atoms with E-state index in [1.165, 1.54) is 0 Å². The largest absolute Gasteiger partial charge is 0.493 e. The number of fused-ring (bicyclic) bond motifs is 1. The van der Waals surface area contributed by atoms with Crippen molar-refractivity contribution in [3.05, 3.63) is 47.5 Å². The average Bonchev–Trinajstić information content (AvgIpc) is 3.05. The molecule has 6 heteroatoms. The molecule has 2 aromatic rings. The van der Waals surface area contributed by atoms with Crippen LogP contribution in [0.15, 0.2) is 36.4 Å². The van der Waals surface area contributed by atoms with Gasteiger partial charge in [0.1, 0.15) is 0 Å². The van der Waals surface area contributed by atoms with Gasteiger partial charge in [-0.15, -0.1) is 0 Å². The quantitative estimate of drug-likeness (QED) is 0.897. The predicted octanol–water partition coefficient (Wildman–Crippen LogP) is 2.79. The summed E-state index contributed by atoms with van der Waals surface area (Å²) in [5.74, 6) is 1.15. The van der Waals surface area contributed by atoms with Gasteiger partial charge in [0, 0.05) is 24.8 Å². The Morgan fingerprint density at radius 1 is 1.08 bits per heavy atom. The third kappa shape index (κ3) is 3.64. The van der Waals surface area contributed by atoms with Crippen molar-refractivity contribution >= 4 is 23.2 Å². The summed E-state index contributed by atoms with van der Waals surface area (Å²) in [5, 5.41) is 2.92. The van der Waals surface area contributed by atoms with Crippen molar-refractivity contribution in [3.8, 4) is 11.5 Å². The Bertz CT molecular complexity index is 848. The number of carbonyl (C=O) groups is 2. The molecule has 136 valence electrons. The fourth-order valence-electron chi connectivity index (χ4n) is 3.19. The van der Waals surface area contributed by atoms with Gasteiger partial charge in [-0.2, -0.15) is 0 Å². The standard InChI is InChI=1S/C20H22N2O4/c1-13(23)22-9-8-15-12-16(5-6-17(15)22)21-20(24)11-14-4-7-18(25-2)19(10-14)26-3/h4-7,10,12H,8-9,11H2,1-3H3,(H,21,24). The van der Waals surface area contributed by atoms with Crippen LogP contribution >= 0.6 is 0 Å². The first-order valence-corrected chi connectivity index (χ1v) is 8.43. The highest BCUT2D eigenvalue weighted by Crippen LogP contribution is 2.31. The first kappa shape index (κ1) is 17.8. The molecule has 0 bridgehead atoms. The number of nitrogens with one attached hydrogen (secondary N) is 1. The number of hydrogen-bond acceptors (Lipinski definition) is 4. The van der Waals surface area contributed by atoms with E-state index in [-0.39, 0.29) is 18.2 Å². The van der Waals surface area contributed by atoms with E-state index < -0.39 is 0 Å². The molecule has 0 aliphatic carbocycles. The van der Waals surface area contributed by atoms with Gasteiger partial charge in [0.05, 0.1) is 20.6 Å². The van der Waals surface area contributed by atoms with Crippen molar-refractivity contribution in [3.63, 3.8) is 0 Å². The second kappa shape index (κ2) is 7.47. The summed E-state index contributed by atoms with van der Waals surface area (Å²) in [6.45, 7) is 2.25. The second-order valence-corrected chi connectivity index (χ2v) is 6.18. The van der Waals surface area contributed by atoms with Gasteiger partial charge < -0.3 is 19.7 Å². The molecule has 1 heterocycles. The monoisotopic (exact) mass is 354 g/mol. The molecule has 1 aliphatic rings. The summed E-state index contributed by atoms with van der Waals surface area (Å²) in [4.78, 5) is 25.7. The smallest absolute Gasteiger partial charge is 0.228 e. The van der Waals surface area contributed by atoms with Crippen LogP contribution in [0.3, 0.4) is 0 Å². The maximum atomic E-state index is 12.4. The fraction of sp³-hybridized carbons (Fsp3) is 0.300. The van der Waals surface area contributed by atoms with Gasteiger partial charge in [-0.05, 0) is 47.9 Å². The maximum Gasteiger partial charge on any atom is 0.228 e. The molecule has 0 spiro atoms. The van der Waals surface area contributed by atoms with Gasteiger partial charge in [0.15, 0.2) is 11.5 Å². The van der Waals surface area contributed by atoms with Gasteiger partial charge in [-0.3, -0.25) is 9.59 Å². The number of hydrogen-bond donors (Lipinski definition) is 1. The zero-order valence-corrected chi connectivity index (χ0v) is 15.2. The first-order valence-electron chi connectivity index (χ1n) is 8.43. The predicted molar refractivity (Wildman–Crippen MR) is 100 cm³/mol. The highest BCUT2D eigenvalue weighted by atomic mass is 16.5. The molecule has 26 heavy (non-hydrogen) atoms. The van der Waals surface area contributed by atoms with Gasteiger partial charge in [-0.1, -0.05) is 6.07 Å². The molecule has 0 saturated carbocycles. The van der Waals surface area contributed by atoms with Gasteiger partial charge in [0.25, 0.3) is 0 Å². The fourth-order valence-corrected chi connectivity index (χ4v) is 3.19. The topological polar surface area (TPSA) is 67.9 Å². The third-order valence-corrected chi connectivity index (χ3v) is 4.45. The lowest BCUT2D eigenvalue weighted by molar-refractivity contribution is -0.117. The molecule has 0 aromatic heterocycles. The van der Waals surface area contributed by atoms with E-state index >= 15 is 0 Å². The minimum atomic E-state index is -0.112. The van der Waals surface area contributed by atoms with Crippen LogP contribution in [0.25, 0.3) is 0 Å². The first-order chi connectivity index (χ1) is 12.5. The molecular weight excluding hydrogens is 332 g/mol. The number of anilines is 2. The van der Waals surface area contributed by atoms with E-state index in [1.807, 2.05) is 24.3 Å². The highest BCUT2D eigenvalue weighted by molar-refractivity contribution is 5.96.